The summed E-state index contributed by atoms with van der Waals surface area (Å²) in [5.41, 5.74) is 1.41. The Morgan fingerprint density at radius 2 is 2.10 bits per heavy atom. The first kappa shape index (κ1) is 17.9. The molecule has 0 radical (unpaired) electrons. The van der Waals surface area contributed by atoms with E-state index in [1.807, 2.05) is 6.92 Å². The van der Waals surface area contributed by atoms with Gasteiger partial charge in [-0.05, 0) is 24.6 Å². The van der Waals surface area contributed by atoms with Crippen LogP contribution >= 0.6 is 11.6 Å². The molecular weight excluding hydrogens is 316 g/mol. The van der Waals surface area contributed by atoms with Gasteiger partial charge in [-0.15, -0.1) is 0 Å². The maximum atomic E-state index is 12.0. The van der Waals surface area contributed by atoms with Crippen molar-refractivity contribution in [1.82, 2.24) is 4.31 Å². The van der Waals surface area contributed by atoms with Gasteiger partial charge >= 0.3 is 0 Å². The van der Waals surface area contributed by atoms with E-state index in [0.29, 0.717) is 10.7 Å². The molecule has 0 spiro atoms. The molecule has 0 aliphatic rings. The van der Waals surface area contributed by atoms with E-state index in [1.165, 1.54) is 7.11 Å². The van der Waals surface area contributed by atoms with E-state index in [9.17, 15) is 13.2 Å². The number of carbonyl (C=O) groups excluding carboxylic acids is 1. The third kappa shape index (κ3) is 6.01. The number of nitrogens with one attached hydrogen (secondary N) is 1. The fraction of sp³-hybridized carbons (Fsp3) is 0.462. The molecule has 8 heteroatoms. The first-order valence-electron chi connectivity index (χ1n) is 6.24. The molecule has 21 heavy (non-hydrogen) atoms. The number of hydrogen-bond donors (Lipinski definition) is 1. The van der Waals surface area contributed by atoms with Gasteiger partial charge in [0.25, 0.3) is 0 Å². The lowest BCUT2D eigenvalue weighted by Crippen LogP contribution is -2.39. The number of rotatable bonds is 7. The van der Waals surface area contributed by atoms with Gasteiger partial charge in [-0.25, -0.2) is 8.42 Å². The van der Waals surface area contributed by atoms with Crippen molar-refractivity contribution < 1.29 is 17.9 Å². The second kappa shape index (κ2) is 7.74. The van der Waals surface area contributed by atoms with Crippen molar-refractivity contribution in [3.63, 3.8) is 0 Å². The molecule has 0 heterocycles. The Morgan fingerprint density at radius 3 is 2.67 bits per heavy atom. The highest BCUT2D eigenvalue weighted by Crippen LogP contribution is 2.20. The average molecular weight is 335 g/mol. The minimum atomic E-state index is -3.48. The first-order valence-corrected chi connectivity index (χ1v) is 8.46. The van der Waals surface area contributed by atoms with E-state index in [0.717, 1.165) is 16.1 Å². The fourth-order valence-electron chi connectivity index (χ4n) is 1.63. The van der Waals surface area contributed by atoms with Crippen LogP contribution in [0.15, 0.2) is 18.2 Å². The number of sulfonamides is 1. The number of halogens is 1. The summed E-state index contributed by atoms with van der Waals surface area (Å²) >= 11 is 5.87. The molecule has 0 fully saturated rings. The third-order valence-electron chi connectivity index (χ3n) is 2.81. The molecular formula is C13H19ClN2O4S. The van der Waals surface area contributed by atoms with Crippen LogP contribution in [0.25, 0.3) is 0 Å². The molecule has 0 unspecified atom stereocenters. The Kier molecular flexibility index (Phi) is 6.60. The molecule has 1 aromatic rings. The predicted octanol–water partition coefficient (Wildman–Crippen LogP) is 1.49. The van der Waals surface area contributed by atoms with Gasteiger partial charge in [0.05, 0.1) is 19.4 Å². The standard InChI is InChI=1S/C13H19ClN2O4S/c1-10-4-5-11(14)8-12(10)15-13(17)9-16(6-7-20-2)21(3,18)19/h4-5,8H,6-7,9H2,1-3H3,(H,15,17). The number of methoxy groups -OCH3 is 1. The molecule has 1 amide bonds. The number of nitrogens with zero attached hydrogens (tertiary/aromatic N) is 1. The second-order valence-electron chi connectivity index (χ2n) is 4.60. The number of hydrogen-bond acceptors (Lipinski definition) is 4. The summed E-state index contributed by atoms with van der Waals surface area (Å²) in [6, 6.07) is 5.11. The molecule has 0 atom stereocenters. The molecule has 0 aliphatic carbocycles. The summed E-state index contributed by atoms with van der Waals surface area (Å²) in [6.07, 6.45) is 1.06. The lowest BCUT2D eigenvalue weighted by atomic mass is 10.2. The Morgan fingerprint density at radius 1 is 1.43 bits per heavy atom. The molecule has 0 aliphatic heterocycles. The van der Waals surface area contributed by atoms with Crippen LogP contribution in [0.3, 0.4) is 0 Å². The number of ether oxygens (including phenoxy) is 1. The normalized spacial score (nSPS) is 11.7. The second-order valence-corrected chi connectivity index (χ2v) is 7.02. The maximum Gasteiger partial charge on any atom is 0.239 e. The van der Waals surface area contributed by atoms with Crippen molar-refractivity contribution in [2.24, 2.45) is 0 Å². The van der Waals surface area contributed by atoms with Crippen LogP contribution in [0.5, 0.6) is 0 Å². The molecule has 0 aromatic heterocycles. The van der Waals surface area contributed by atoms with Gasteiger partial charge in [0.2, 0.25) is 15.9 Å². The molecule has 6 nitrogen and oxygen atoms in total. The van der Waals surface area contributed by atoms with E-state index in [-0.39, 0.29) is 19.7 Å². The molecule has 0 saturated heterocycles. The highest BCUT2D eigenvalue weighted by Gasteiger charge is 2.20. The SMILES string of the molecule is COCCN(CC(=O)Nc1cc(Cl)ccc1C)S(C)(=O)=O. The maximum absolute atomic E-state index is 12.0. The number of benzene rings is 1. The minimum absolute atomic E-state index is 0.122. The molecule has 1 aromatic carbocycles. The Bertz CT molecular complexity index is 604. The molecule has 118 valence electrons. The monoisotopic (exact) mass is 334 g/mol. The zero-order chi connectivity index (χ0) is 16.0. The van der Waals surface area contributed by atoms with Crippen LogP contribution in [0.1, 0.15) is 5.56 Å². The summed E-state index contributed by atoms with van der Waals surface area (Å²) in [5.74, 6) is -0.429. The summed E-state index contributed by atoms with van der Waals surface area (Å²) in [4.78, 5) is 12.0. The van der Waals surface area contributed by atoms with Gasteiger partial charge in [0.1, 0.15) is 0 Å². The smallest absolute Gasteiger partial charge is 0.239 e. The first-order chi connectivity index (χ1) is 9.74. The number of amides is 1. The summed E-state index contributed by atoms with van der Waals surface area (Å²) in [6.45, 7) is 1.90. The summed E-state index contributed by atoms with van der Waals surface area (Å²) in [5, 5.41) is 3.16. The Hall–Kier alpha value is -1.15. The Labute approximate surface area is 130 Å². The van der Waals surface area contributed by atoms with Gasteiger partial charge in [0, 0.05) is 24.4 Å². The lowest BCUT2D eigenvalue weighted by Gasteiger charge is -2.19. The topological polar surface area (TPSA) is 75.7 Å². The zero-order valence-corrected chi connectivity index (χ0v) is 13.8. The highest BCUT2D eigenvalue weighted by atomic mass is 35.5. The van der Waals surface area contributed by atoms with E-state index < -0.39 is 15.9 Å². The van der Waals surface area contributed by atoms with Crippen molar-refractivity contribution in [3.05, 3.63) is 28.8 Å². The van der Waals surface area contributed by atoms with Gasteiger partial charge in [-0.3, -0.25) is 4.79 Å². The molecule has 0 saturated carbocycles. The predicted molar refractivity (Wildman–Crippen MR) is 83.1 cm³/mol. The molecule has 1 N–H and O–H groups in total. The quantitative estimate of drug-likeness (QED) is 0.819. The lowest BCUT2D eigenvalue weighted by molar-refractivity contribution is -0.116. The van der Waals surface area contributed by atoms with Crippen molar-refractivity contribution in [2.45, 2.75) is 6.92 Å². The van der Waals surface area contributed by atoms with Crippen LogP contribution in [-0.4, -0.2) is 51.7 Å². The van der Waals surface area contributed by atoms with Gasteiger partial charge in [-0.1, -0.05) is 17.7 Å². The van der Waals surface area contributed by atoms with Crippen molar-refractivity contribution in [2.75, 3.05) is 38.4 Å². The number of carbonyl (C=O) groups is 1. The van der Waals surface area contributed by atoms with Crippen LogP contribution < -0.4 is 5.32 Å². The minimum Gasteiger partial charge on any atom is -0.383 e. The number of anilines is 1. The molecule has 1 rings (SSSR count). The fourth-order valence-corrected chi connectivity index (χ4v) is 2.56. The van der Waals surface area contributed by atoms with Gasteiger partial charge < -0.3 is 10.1 Å². The summed E-state index contributed by atoms with van der Waals surface area (Å²) < 4.78 is 29.1. The Balaban J connectivity index is 2.76. The molecule has 0 bridgehead atoms. The highest BCUT2D eigenvalue weighted by molar-refractivity contribution is 7.88. The average Bonchev–Trinajstić information content (AvgIpc) is 2.37. The van der Waals surface area contributed by atoms with Crippen LogP contribution in [-0.2, 0) is 19.6 Å². The van der Waals surface area contributed by atoms with Crippen molar-refractivity contribution >= 4 is 33.2 Å². The number of aryl methyl sites for hydroxylation is 1. The van der Waals surface area contributed by atoms with E-state index in [2.05, 4.69) is 5.32 Å². The largest absolute Gasteiger partial charge is 0.383 e. The third-order valence-corrected chi connectivity index (χ3v) is 4.29. The van der Waals surface area contributed by atoms with Gasteiger partial charge in [-0.2, -0.15) is 4.31 Å². The van der Waals surface area contributed by atoms with E-state index in [4.69, 9.17) is 16.3 Å². The van der Waals surface area contributed by atoms with Crippen molar-refractivity contribution in [3.8, 4) is 0 Å². The van der Waals surface area contributed by atoms with Crippen LogP contribution in [0, 0.1) is 6.92 Å². The van der Waals surface area contributed by atoms with E-state index >= 15 is 0 Å². The van der Waals surface area contributed by atoms with Gasteiger partial charge in [0.15, 0.2) is 0 Å². The van der Waals surface area contributed by atoms with Crippen LogP contribution in [0.2, 0.25) is 5.02 Å². The summed E-state index contributed by atoms with van der Waals surface area (Å²) in [7, 11) is -2.01. The van der Waals surface area contributed by atoms with Crippen LogP contribution in [0.4, 0.5) is 5.69 Å². The van der Waals surface area contributed by atoms with Crippen molar-refractivity contribution in [1.29, 1.82) is 0 Å². The van der Waals surface area contributed by atoms with E-state index in [1.54, 1.807) is 18.2 Å². The zero-order valence-electron chi connectivity index (χ0n) is 12.2.